The molecular weight excluding hydrogens is 258 g/mol. The summed E-state index contributed by atoms with van der Waals surface area (Å²) >= 11 is 0. The van der Waals surface area contributed by atoms with E-state index in [0.29, 0.717) is 6.42 Å². The summed E-state index contributed by atoms with van der Waals surface area (Å²) in [6.07, 6.45) is 4.77. The molecule has 1 unspecified atom stereocenters. The van der Waals surface area contributed by atoms with Gasteiger partial charge in [0.05, 0.1) is 0 Å². The largest absolute Gasteiger partial charge is 0.480 e. The summed E-state index contributed by atoms with van der Waals surface area (Å²) in [5.41, 5.74) is 0. The zero-order chi connectivity index (χ0) is 12.7. The van der Waals surface area contributed by atoms with Crippen LogP contribution in [0.3, 0.4) is 0 Å². The van der Waals surface area contributed by atoms with E-state index in [4.69, 9.17) is 5.11 Å². The van der Waals surface area contributed by atoms with Gasteiger partial charge in [-0.3, -0.25) is 9.59 Å². The molecule has 1 saturated heterocycles. The Balaban J connectivity index is 2.01. The van der Waals surface area contributed by atoms with E-state index >= 15 is 0 Å². The summed E-state index contributed by atoms with van der Waals surface area (Å²) in [6.45, 7) is 1.48. The molecule has 1 aliphatic rings. The van der Waals surface area contributed by atoms with Crippen LogP contribution in [0, 0.1) is 0 Å². The maximum atomic E-state index is 11.4. The van der Waals surface area contributed by atoms with Crippen LogP contribution < -0.4 is 5.32 Å². The first kappa shape index (κ1) is 14.7. The van der Waals surface area contributed by atoms with E-state index in [-0.39, 0.29) is 5.91 Å². The summed E-state index contributed by atoms with van der Waals surface area (Å²) in [6, 6.07) is -0.788. The van der Waals surface area contributed by atoms with Crippen LogP contribution in [-0.2, 0) is 9.59 Å². The van der Waals surface area contributed by atoms with Crippen LogP contribution in [0.15, 0.2) is 0 Å². The Kier molecular flexibility index (Phi) is 6.80. The molecule has 0 aromatic heterocycles. The molecule has 4 nitrogen and oxygen atoms in total. The second-order valence-electron chi connectivity index (χ2n) is 4.20. The molecular formula is C11H19NO3S2. The molecule has 1 amide bonds. The highest BCUT2D eigenvalue weighted by atomic mass is 33.1. The fourth-order valence-corrected chi connectivity index (χ4v) is 4.63. The van der Waals surface area contributed by atoms with Crippen molar-refractivity contribution in [3.05, 3.63) is 0 Å². The number of amides is 1. The SMILES string of the molecule is C[C@H](NC(=O)CCCCC1CCSS1)C(=O)O. The van der Waals surface area contributed by atoms with E-state index in [0.717, 1.165) is 18.1 Å². The summed E-state index contributed by atoms with van der Waals surface area (Å²) < 4.78 is 0. The van der Waals surface area contributed by atoms with Gasteiger partial charge in [0, 0.05) is 17.4 Å². The lowest BCUT2D eigenvalue weighted by Crippen LogP contribution is -2.38. The number of carbonyl (C=O) groups excluding carboxylic acids is 1. The van der Waals surface area contributed by atoms with E-state index in [1.54, 1.807) is 0 Å². The Morgan fingerprint density at radius 1 is 1.47 bits per heavy atom. The quantitative estimate of drug-likeness (QED) is 0.552. The summed E-state index contributed by atoms with van der Waals surface area (Å²) in [5.74, 6) is 0.0949. The van der Waals surface area contributed by atoms with Crippen LogP contribution >= 0.6 is 21.6 Å². The summed E-state index contributed by atoms with van der Waals surface area (Å²) in [5, 5.41) is 11.8. The van der Waals surface area contributed by atoms with E-state index < -0.39 is 12.0 Å². The van der Waals surface area contributed by atoms with E-state index in [9.17, 15) is 9.59 Å². The molecule has 0 aromatic carbocycles. The maximum Gasteiger partial charge on any atom is 0.325 e. The topological polar surface area (TPSA) is 66.4 Å². The number of unbranched alkanes of at least 4 members (excludes halogenated alkanes) is 1. The van der Waals surface area contributed by atoms with Crippen LogP contribution in [0.2, 0.25) is 0 Å². The molecule has 1 heterocycles. The molecule has 2 N–H and O–H groups in total. The van der Waals surface area contributed by atoms with Crippen LogP contribution in [-0.4, -0.2) is 34.0 Å². The minimum atomic E-state index is -0.988. The lowest BCUT2D eigenvalue weighted by molar-refractivity contribution is -0.141. The lowest BCUT2D eigenvalue weighted by atomic mass is 10.1. The molecule has 0 saturated carbocycles. The minimum absolute atomic E-state index is 0.159. The summed E-state index contributed by atoms with van der Waals surface area (Å²) in [4.78, 5) is 21.9. The third-order valence-corrected chi connectivity index (χ3v) is 5.66. The Morgan fingerprint density at radius 3 is 2.82 bits per heavy atom. The first-order valence-electron chi connectivity index (χ1n) is 5.90. The first-order valence-corrected chi connectivity index (χ1v) is 8.28. The van der Waals surface area contributed by atoms with Crippen LogP contribution in [0.25, 0.3) is 0 Å². The van der Waals surface area contributed by atoms with Gasteiger partial charge < -0.3 is 10.4 Å². The predicted octanol–water partition coefficient (Wildman–Crippen LogP) is 2.29. The molecule has 0 spiro atoms. The van der Waals surface area contributed by atoms with Crippen molar-refractivity contribution >= 4 is 33.5 Å². The number of nitrogens with one attached hydrogen (secondary N) is 1. The van der Waals surface area contributed by atoms with Crippen molar-refractivity contribution in [1.82, 2.24) is 5.32 Å². The van der Waals surface area contributed by atoms with Gasteiger partial charge in [-0.2, -0.15) is 0 Å². The van der Waals surface area contributed by atoms with Gasteiger partial charge in [0.1, 0.15) is 6.04 Å². The second-order valence-corrected chi connectivity index (χ2v) is 6.99. The zero-order valence-corrected chi connectivity index (χ0v) is 11.6. The van der Waals surface area contributed by atoms with Gasteiger partial charge in [0.15, 0.2) is 0 Å². The first-order chi connectivity index (χ1) is 8.09. The molecule has 0 aromatic rings. The van der Waals surface area contributed by atoms with Crippen molar-refractivity contribution in [3.63, 3.8) is 0 Å². The van der Waals surface area contributed by atoms with Crippen molar-refractivity contribution in [2.75, 3.05) is 5.75 Å². The average molecular weight is 277 g/mol. The molecule has 17 heavy (non-hydrogen) atoms. The number of carboxylic acids is 1. The van der Waals surface area contributed by atoms with Crippen molar-refractivity contribution < 1.29 is 14.7 Å². The normalized spacial score (nSPS) is 21.1. The average Bonchev–Trinajstić information content (AvgIpc) is 2.77. The molecule has 1 fully saturated rings. The number of aliphatic carboxylic acids is 1. The smallest absolute Gasteiger partial charge is 0.325 e. The molecule has 6 heteroatoms. The maximum absolute atomic E-state index is 11.4. The molecule has 2 atom stereocenters. The van der Waals surface area contributed by atoms with Gasteiger partial charge in [-0.15, -0.1) is 0 Å². The van der Waals surface area contributed by atoms with Crippen LogP contribution in [0.4, 0.5) is 0 Å². The Hall–Kier alpha value is -0.360. The highest BCUT2D eigenvalue weighted by Gasteiger charge is 2.16. The van der Waals surface area contributed by atoms with E-state index in [1.165, 1.54) is 25.5 Å². The van der Waals surface area contributed by atoms with Gasteiger partial charge in [-0.25, -0.2) is 0 Å². The van der Waals surface area contributed by atoms with E-state index in [1.807, 2.05) is 21.6 Å². The summed E-state index contributed by atoms with van der Waals surface area (Å²) in [7, 11) is 3.88. The van der Waals surface area contributed by atoms with Gasteiger partial charge in [0.25, 0.3) is 0 Å². The van der Waals surface area contributed by atoms with E-state index in [2.05, 4.69) is 5.32 Å². The Morgan fingerprint density at radius 2 is 2.24 bits per heavy atom. The zero-order valence-electron chi connectivity index (χ0n) is 9.98. The number of carboxylic acid groups (broad SMARTS) is 1. The fourth-order valence-electron chi connectivity index (χ4n) is 1.60. The Bertz CT molecular complexity index is 267. The number of rotatable bonds is 7. The molecule has 0 bridgehead atoms. The molecule has 0 radical (unpaired) electrons. The van der Waals surface area contributed by atoms with Crippen molar-refractivity contribution in [3.8, 4) is 0 Å². The predicted molar refractivity (Wildman–Crippen MR) is 72.2 cm³/mol. The van der Waals surface area contributed by atoms with Gasteiger partial charge in [-0.05, 0) is 26.2 Å². The van der Waals surface area contributed by atoms with Crippen LogP contribution in [0.1, 0.15) is 39.0 Å². The minimum Gasteiger partial charge on any atom is -0.480 e. The molecule has 98 valence electrons. The fraction of sp³-hybridized carbons (Fsp3) is 0.818. The molecule has 0 aliphatic carbocycles. The van der Waals surface area contributed by atoms with Crippen molar-refractivity contribution in [2.45, 2.75) is 50.3 Å². The number of carbonyl (C=O) groups is 2. The molecule has 1 aliphatic heterocycles. The van der Waals surface area contributed by atoms with Gasteiger partial charge in [-0.1, -0.05) is 28.0 Å². The highest BCUT2D eigenvalue weighted by Crippen LogP contribution is 2.39. The van der Waals surface area contributed by atoms with Crippen molar-refractivity contribution in [2.24, 2.45) is 0 Å². The van der Waals surface area contributed by atoms with Gasteiger partial charge in [0.2, 0.25) is 5.91 Å². The number of hydrogen-bond acceptors (Lipinski definition) is 4. The second kappa shape index (κ2) is 7.87. The third-order valence-electron chi connectivity index (χ3n) is 2.66. The molecule has 1 rings (SSSR count). The highest BCUT2D eigenvalue weighted by molar-refractivity contribution is 8.77. The number of hydrogen-bond donors (Lipinski definition) is 2. The van der Waals surface area contributed by atoms with Crippen molar-refractivity contribution in [1.29, 1.82) is 0 Å². The van der Waals surface area contributed by atoms with Crippen LogP contribution in [0.5, 0.6) is 0 Å². The monoisotopic (exact) mass is 277 g/mol. The lowest BCUT2D eigenvalue weighted by Gasteiger charge is -2.09. The van der Waals surface area contributed by atoms with Gasteiger partial charge >= 0.3 is 5.97 Å². The Labute approximate surface area is 110 Å². The standard InChI is InChI=1S/C11H19NO3S2/c1-8(11(14)15)12-10(13)5-3-2-4-9-6-7-16-17-9/h8-9H,2-7H2,1H3,(H,12,13)(H,14,15)/t8-,9?/m0/s1. The third kappa shape index (κ3) is 6.21.